The third-order valence-electron chi connectivity index (χ3n) is 18.5. The number of hydrogen-bond acceptors (Lipinski definition) is 2. The average Bonchev–Trinajstić information content (AvgIpc) is 4.40. The van der Waals surface area contributed by atoms with Crippen molar-refractivity contribution in [3.05, 3.63) is 204 Å². The van der Waals surface area contributed by atoms with Gasteiger partial charge in [-0.1, -0.05) is 164 Å². The lowest BCUT2D eigenvalue weighted by Crippen LogP contribution is -1.94. The van der Waals surface area contributed by atoms with Crippen LogP contribution in [0, 0.1) is 18.3 Å². The molecule has 2 heteroatoms. The zero-order chi connectivity index (χ0) is 51.0. The van der Waals surface area contributed by atoms with E-state index in [1.54, 1.807) is 0 Å². The lowest BCUT2D eigenvalue weighted by molar-refractivity contribution is 1.51. The highest BCUT2D eigenvalue weighted by Gasteiger charge is 2.34. The number of fused-ring (bicyclic) bond motifs is 14. The maximum Gasteiger partial charge on any atom is 0.0998 e. The normalized spacial score (nSPS) is 13.1. The Morgan fingerprint density at radius 1 is 0.403 bits per heavy atom. The van der Waals surface area contributed by atoms with Gasteiger partial charge in [0.15, 0.2) is 0 Å². The lowest BCUT2D eigenvalue weighted by Gasteiger charge is -2.20. The third-order valence-corrected chi connectivity index (χ3v) is 19.6. The number of aryl methyl sites for hydroxylation is 1. The molecule has 354 valence electrons. The van der Waals surface area contributed by atoms with E-state index in [1.807, 2.05) is 17.4 Å². The Kier molecular flexibility index (Phi) is 7.78. The van der Waals surface area contributed by atoms with Crippen LogP contribution in [-0.4, -0.2) is 0 Å². The van der Waals surface area contributed by atoms with Crippen LogP contribution in [0.1, 0.15) is 43.0 Å². The Morgan fingerprint density at radius 3 is 1.44 bits per heavy atom. The summed E-state index contributed by atoms with van der Waals surface area (Å²) in [7, 11) is 0. The molecule has 1 heterocycles. The molecule has 1 aromatic heterocycles. The van der Waals surface area contributed by atoms with Gasteiger partial charge in [0, 0.05) is 21.4 Å². The molecule has 0 saturated heterocycles. The molecule has 1 nitrogen and oxygen atoms in total. The van der Waals surface area contributed by atoms with Gasteiger partial charge >= 0.3 is 0 Å². The number of nitrogens with zero attached hydrogens (tertiary/aromatic N) is 1. The second-order valence-electron chi connectivity index (χ2n) is 22.1. The molecule has 18 rings (SSSR count). The van der Waals surface area contributed by atoms with Gasteiger partial charge in [-0.15, -0.1) is 11.3 Å². The van der Waals surface area contributed by atoms with Crippen molar-refractivity contribution in [3.63, 3.8) is 0 Å². The van der Waals surface area contributed by atoms with E-state index in [1.165, 1.54) is 195 Å². The molecule has 1 aliphatic rings. The van der Waals surface area contributed by atoms with Crippen LogP contribution in [0.15, 0.2) is 182 Å². The number of rotatable bonds is 4. The summed E-state index contributed by atoms with van der Waals surface area (Å²) >= 11 is 1.86. The predicted octanol–water partition coefficient (Wildman–Crippen LogP) is 22.1. The van der Waals surface area contributed by atoms with E-state index in [0.29, 0.717) is 5.56 Å². The second-order valence-corrected chi connectivity index (χ2v) is 23.0. The molecule has 0 bridgehead atoms. The summed E-state index contributed by atoms with van der Waals surface area (Å²) in [6.45, 7) is 13.7. The van der Waals surface area contributed by atoms with E-state index in [-0.39, 0.29) is 0 Å². The van der Waals surface area contributed by atoms with E-state index in [0.717, 1.165) is 16.3 Å². The standard InChI is InChI=1S/C75H43NS/c1-6-37(4)59-42-15-10-11-16-43(42)74(75-38(5)33-34-77-75)73-57-32-28-51-47-24-23-46-50-27-31-56-66-54(29-25-48(64(50)66)44-21-22-45(63(47)62(44)46)49-26-30-55(70(59)73)67(57)65(49)51)69-58(36(2)3)68-52-18-12-17-41-40(35-76)19-20-53(61(41)52)71(68)60(72(56)69)39-13-8-7-9-14-39/h6-34H,2H2,1,3-5H3/b37-6-. The largest absolute Gasteiger partial charge is 0.192 e. The Hall–Kier alpha value is -9.39. The highest BCUT2D eigenvalue weighted by atomic mass is 32.1. The first-order valence-electron chi connectivity index (χ1n) is 26.9. The van der Waals surface area contributed by atoms with Crippen molar-refractivity contribution in [2.45, 2.75) is 27.7 Å². The minimum Gasteiger partial charge on any atom is -0.192 e. The first-order chi connectivity index (χ1) is 37.9. The minimum absolute atomic E-state index is 0.704. The lowest BCUT2D eigenvalue weighted by atomic mass is 9.83. The molecule has 0 aliphatic heterocycles. The van der Waals surface area contributed by atoms with Crippen molar-refractivity contribution in [3.8, 4) is 49.9 Å². The van der Waals surface area contributed by atoms with E-state index in [9.17, 15) is 5.26 Å². The van der Waals surface area contributed by atoms with Gasteiger partial charge in [0.1, 0.15) is 0 Å². The maximum absolute atomic E-state index is 10.3. The summed E-state index contributed by atoms with van der Waals surface area (Å²) in [5.41, 5.74) is 16.1. The van der Waals surface area contributed by atoms with Crippen molar-refractivity contribution in [2.24, 2.45) is 0 Å². The number of allylic oxidation sites excluding steroid dienone is 3. The summed E-state index contributed by atoms with van der Waals surface area (Å²) in [5.74, 6) is 0. The van der Waals surface area contributed by atoms with Gasteiger partial charge in [-0.2, -0.15) is 5.26 Å². The molecule has 0 radical (unpaired) electrons. The summed E-state index contributed by atoms with van der Waals surface area (Å²) < 4.78 is 0. The fourth-order valence-corrected chi connectivity index (χ4v) is 16.6. The van der Waals surface area contributed by atoms with Crippen molar-refractivity contribution in [2.75, 3.05) is 0 Å². The highest BCUT2D eigenvalue weighted by molar-refractivity contribution is 7.14. The SMILES string of the molecule is C=C(C)c1c2c3cccc4c(C#N)ccc(c2c(-c2ccccc2)c2c5ccc6c7ccc8c9ccc%10c%11c(ccc(c%12ccc(c%13ccc(c12)c5c%136)c7c%128)c%119)-c1c-%10c(-c2sccc2C)c2ccccc2c1/C(C)=C\C)c43. The molecule has 0 saturated carbocycles. The molecule has 0 unspecified atom stereocenters. The zero-order valence-corrected chi connectivity index (χ0v) is 43.6. The monoisotopic (exact) mass is 989 g/mol. The number of hydrogen-bond donors (Lipinski definition) is 0. The molecule has 0 atom stereocenters. The molecule has 1 aliphatic carbocycles. The first-order valence-corrected chi connectivity index (χ1v) is 27.7. The van der Waals surface area contributed by atoms with E-state index in [4.69, 9.17) is 6.58 Å². The summed E-state index contributed by atoms with van der Waals surface area (Å²) in [6, 6.07) is 64.9. The van der Waals surface area contributed by atoms with E-state index in [2.05, 4.69) is 203 Å². The van der Waals surface area contributed by atoms with Crippen LogP contribution in [0.25, 0.3) is 195 Å². The Balaban J connectivity index is 0.965. The van der Waals surface area contributed by atoms with Crippen LogP contribution in [-0.2, 0) is 0 Å². The molecular weight excluding hydrogens is 947 g/mol. The van der Waals surface area contributed by atoms with Crippen molar-refractivity contribution in [1.29, 1.82) is 5.26 Å². The van der Waals surface area contributed by atoms with Crippen molar-refractivity contribution < 1.29 is 0 Å². The van der Waals surface area contributed by atoms with Gasteiger partial charge in [0.25, 0.3) is 0 Å². The molecule has 16 aromatic carbocycles. The molecular formula is C75H43NS. The molecule has 77 heavy (non-hydrogen) atoms. The van der Waals surface area contributed by atoms with Crippen molar-refractivity contribution in [1.82, 2.24) is 0 Å². The van der Waals surface area contributed by atoms with Crippen LogP contribution in [0.5, 0.6) is 0 Å². The Bertz CT molecular complexity index is 5610. The Labute approximate surface area is 446 Å². The third kappa shape index (κ3) is 4.80. The Morgan fingerprint density at radius 2 is 0.870 bits per heavy atom. The van der Waals surface area contributed by atoms with Crippen LogP contribution in [0.2, 0.25) is 0 Å². The van der Waals surface area contributed by atoms with E-state index < -0.39 is 0 Å². The number of thiophene rings is 1. The minimum atomic E-state index is 0.704. The first kappa shape index (κ1) is 41.9. The van der Waals surface area contributed by atoms with Gasteiger partial charge in [-0.05, 0) is 236 Å². The zero-order valence-electron chi connectivity index (χ0n) is 42.8. The van der Waals surface area contributed by atoms with Gasteiger partial charge in [-0.3, -0.25) is 0 Å². The molecule has 0 amide bonds. The fourth-order valence-electron chi connectivity index (χ4n) is 15.6. The van der Waals surface area contributed by atoms with Gasteiger partial charge in [0.05, 0.1) is 11.6 Å². The molecule has 17 aromatic rings. The van der Waals surface area contributed by atoms with Gasteiger partial charge in [-0.25, -0.2) is 0 Å². The van der Waals surface area contributed by atoms with Gasteiger partial charge in [0.2, 0.25) is 0 Å². The average molecular weight is 990 g/mol. The van der Waals surface area contributed by atoms with Crippen LogP contribution in [0.3, 0.4) is 0 Å². The maximum atomic E-state index is 10.3. The molecule has 0 spiro atoms. The molecule has 0 fully saturated rings. The highest BCUT2D eigenvalue weighted by Crippen LogP contribution is 2.61. The smallest absolute Gasteiger partial charge is 0.0998 e. The summed E-state index contributed by atoms with van der Waals surface area (Å²) in [5, 5.41) is 45.8. The van der Waals surface area contributed by atoms with Crippen LogP contribution >= 0.6 is 11.3 Å². The predicted molar refractivity (Wildman–Crippen MR) is 335 cm³/mol. The quantitative estimate of drug-likeness (QED) is 0.127. The summed E-state index contributed by atoms with van der Waals surface area (Å²) in [6.07, 6.45) is 2.29. The fraction of sp³-hybridized carbons (Fsp3) is 0.0533. The topological polar surface area (TPSA) is 23.8 Å². The number of benzene rings is 14. The number of nitriles is 1. The second kappa shape index (κ2) is 14.3. The van der Waals surface area contributed by atoms with Crippen LogP contribution in [0.4, 0.5) is 0 Å². The van der Waals surface area contributed by atoms with Crippen LogP contribution < -0.4 is 0 Å². The molecule has 0 N–H and O–H groups in total. The summed E-state index contributed by atoms with van der Waals surface area (Å²) in [4.78, 5) is 1.36. The van der Waals surface area contributed by atoms with Gasteiger partial charge < -0.3 is 0 Å². The van der Waals surface area contributed by atoms with Crippen molar-refractivity contribution >= 4 is 163 Å². The van der Waals surface area contributed by atoms with E-state index >= 15 is 0 Å².